The number of carbonyl (C=O) groups excluding carboxylic acids is 1. The molecule has 1 aliphatic heterocycles. The number of nitrogens with zero attached hydrogens (tertiary/aromatic N) is 3. The summed E-state index contributed by atoms with van der Waals surface area (Å²) in [5.74, 6) is 0.771. The van der Waals surface area contributed by atoms with E-state index in [2.05, 4.69) is 26.0 Å². The van der Waals surface area contributed by atoms with Crippen LogP contribution in [0.1, 0.15) is 25.5 Å². The average Bonchev–Trinajstić information content (AvgIpc) is 3.03. The van der Waals surface area contributed by atoms with Crippen molar-refractivity contribution < 1.29 is 13.9 Å². The summed E-state index contributed by atoms with van der Waals surface area (Å²) in [6, 6.07) is 5.50. The first-order chi connectivity index (χ1) is 13.0. The van der Waals surface area contributed by atoms with Crippen molar-refractivity contribution in [2.75, 3.05) is 17.2 Å². The maximum atomic E-state index is 13.8. The molecule has 0 saturated heterocycles. The zero-order valence-electron chi connectivity index (χ0n) is 14.9. The Kier molecular flexibility index (Phi) is 4.27. The van der Waals surface area contributed by atoms with Crippen molar-refractivity contribution in [2.45, 2.75) is 26.0 Å². The fourth-order valence-electron chi connectivity index (χ4n) is 2.96. The maximum Gasteiger partial charge on any atom is 0.319 e. The molecule has 2 amide bonds. The summed E-state index contributed by atoms with van der Waals surface area (Å²) in [5, 5.41) is 12.9. The highest BCUT2D eigenvalue weighted by molar-refractivity contribution is 5.93. The van der Waals surface area contributed by atoms with Crippen molar-refractivity contribution in [1.82, 2.24) is 19.9 Å². The summed E-state index contributed by atoms with van der Waals surface area (Å²) < 4.78 is 21.3. The van der Waals surface area contributed by atoms with Gasteiger partial charge in [-0.2, -0.15) is 5.10 Å². The van der Waals surface area contributed by atoms with Gasteiger partial charge in [0.25, 0.3) is 0 Å². The molecule has 0 fully saturated rings. The number of amides is 2. The van der Waals surface area contributed by atoms with E-state index in [1.54, 1.807) is 22.8 Å². The van der Waals surface area contributed by atoms with Gasteiger partial charge in [-0.1, -0.05) is 0 Å². The van der Waals surface area contributed by atoms with E-state index in [4.69, 9.17) is 4.74 Å². The third-order valence-corrected chi connectivity index (χ3v) is 4.30. The van der Waals surface area contributed by atoms with Gasteiger partial charge in [0.15, 0.2) is 5.65 Å². The Morgan fingerprint density at radius 1 is 1.30 bits per heavy atom. The lowest BCUT2D eigenvalue weighted by molar-refractivity contribution is 0.210. The predicted octanol–water partition coefficient (Wildman–Crippen LogP) is 2.94. The topological polar surface area (TPSA) is 92.6 Å². The van der Waals surface area contributed by atoms with Crippen molar-refractivity contribution in [3.05, 3.63) is 48.0 Å². The molecule has 0 spiro atoms. The van der Waals surface area contributed by atoms with Gasteiger partial charge in [-0.25, -0.2) is 18.7 Å². The summed E-state index contributed by atoms with van der Waals surface area (Å²) in [5.41, 5.74) is 1.66. The number of nitrogens with one attached hydrogen (secondary N) is 3. The van der Waals surface area contributed by atoms with Gasteiger partial charge in [-0.15, -0.1) is 0 Å². The lowest BCUT2D eigenvalue weighted by Gasteiger charge is -2.22. The molecule has 1 aliphatic rings. The second-order valence-electron chi connectivity index (χ2n) is 6.45. The van der Waals surface area contributed by atoms with Crippen LogP contribution in [0.3, 0.4) is 0 Å². The van der Waals surface area contributed by atoms with Crippen molar-refractivity contribution >= 4 is 23.2 Å². The van der Waals surface area contributed by atoms with E-state index in [1.807, 2.05) is 13.8 Å². The fourth-order valence-corrected chi connectivity index (χ4v) is 2.96. The standard InChI is InChI=1S/C18H19FN6O2/c1-10-8-20-18(26)23-14-9-21-25-6-5-16(24-17(14)25)22-11(2)13-7-12(19)3-4-15(13)27-10/h3-7,9-11H,8H2,1-2H3,(H,22,24)(H2,20,23,26)/t10-,11+/m0/s1. The van der Waals surface area contributed by atoms with E-state index in [-0.39, 0.29) is 30.5 Å². The van der Waals surface area contributed by atoms with Gasteiger partial charge in [0.1, 0.15) is 29.2 Å². The zero-order valence-corrected chi connectivity index (χ0v) is 14.9. The average molecular weight is 370 g/mol. The number of urea groups is 1. The lowest BCUT2D eigenvalue weighted by Crippen LogP contribution is -2.36. The number of hydrogen-bond donors (Lipinski definition) is 3. The lowest BCUT2D eigenvalue weighted by atomic mass is 10.1. The molecule has 3 aromatic rings. The molecule has 140 valence electrons. The number of rotatable bonds is 0. The summed E-state index contributed by atoms with van der Waals surface area (Å²) in [7, 11) is 0. The molecule has 8 nitrogen and oxygen atoms in total. The molecule has 4 rings (SSSR count). The van der Waals surface area contributed by atoms with E-state index in [0.717, 1.165) is 0 Å². The first-order valence-electron chi connectivity index (χ1n) is 8.61. The predicted molar refractivity (Wildman–Crippen MR) is 98.5 cm³/mol. The Morgan fingerprint density at radius 2 is 2.15 bits per heavy atom. The summed E-state index contributed by atoms with van der Waals surface area (Å²) in [6.45, 7) is 4.02. The minimum atomic E-state index is -0.384. The number of fused-ring (bicyclic) bond motifs is 2. The van der Waals surface area contributed by atoms with Crippen LogP contribution in [0.2, 0.25) is 0 Å². The molecular formula is C18H19FN6O2. The quantitative estimate of drug-likeness (QED) is 0.566. The zero-order chi connectivity index (χ0) is 19.0. The molecule has 3 heterocycles. The van der Waals surface area contributed by atoms with E-state index in [1.165, 1.54) is 18.3 Å². The molecule has 9 heteroatoms. The van der Waals surface area contributed by atoms with Crippen LogP contribution in [-0.2, 0) is 0 Å². The van der Waals surface area contributed by atoms with E-state index in [0.29, 0.717) is 28.5 Å². The van der Waals surface area contributed by atoms with E-state index in [9.17, 15) is 9.18 Å². The van der Waals surface area contributed by atoms with Crippen LogP contribution in [0, 0.1) is 5.82 Å². The van der Waals surface area contributed by atoms with Crippen LogP contribution in [0.4, 0.5) is 20.7 Å². The van der Waals surface area contributed by atoms with Crippen LogP contribution in [0.25, 0.3) is 5.65 Å². The Labute approximate surface area is 154 Å². The second kappa shape index (κ2) is 6.75. The van der Waals surface area contributed by atoms with Gasteiger partial charge >= 0.3 is 6.03 Å². The summed E-state index contributed by atoms with van der Waals surface area (Å²) in [4.78, 5) is 16.7. The number of aromatic nitrogens is 3. The molecular weight excluding hydrogens is 351 g/mol. The van der Waals surface area contributed by atoms with Gasteiger partial charge in [0.2, 0.25) is 0 Å². The highest BCUT2D eigenvalue weighted by atomic mass is 19.1. The van der Waals surface area contributed by atoms with Gasteiger partial charge < -0.3 is 20.7 Å². The fraction of sp³-hybridized carbons (Fsp3) is 0.278. The van der Waals surface area contributed by atoms with Gasteiger partial charge in [0, 0.05) is 11.8 Å². The van der Waals surface area contributed by atoms with Crippen molar-refractivity contribution in [3.63, 3.8) is 0 Å². The normalized spacial score (nSPS) is 20.0. The Balaban J connectivity index is 1.78. The van der Waals surface area contributed by atoms with Gasteiger partial charge in [0.05, 0.1) is 18.8 Å². The second-order valence-corrected chi connectivity index (χ2v) is 6.45. The third kappa shape index (κ3) is 3.48. The summed E-state index contributed by atoms with van der Waals surface area (Å²) >= 11 is 0. The molecule has 0 radical (unpaired) electrons. The molecule has 3 N–H and O–H groups in total. The smallest absolute Gasteiger partial charge is 0.319 e. The monoisotopic (exact) mass is 370 g/mol. The minimum Gasteiger partial charge on any atom is -0.489 e. The van der Waals surface area contributed by atoms with E-state index < -0.39 is 0 Å². The molecule has 1 aromatic carbocycles. The highest BCUT2D eigenvalue weighted by Gasteiger charge is 2.18. The summed E-state index contributed by atoms with van der Waals surface area (Å²) in [6.07, 6.45) is 2.96. The van der Waals surface area contributed by atoms with Crippen LogP contribution < -0.4 is 20.7 Å². The third-order valence-electron chi connectivity index (χ3n) is 4.30. The number of ether oxygens (including phenoxy) is 1. The molecule has 0 aliphatic carbocycles. The maximum absolute atomic E-state index is 13.8. The molecule has 2 atom stereocenters. The number of halogens is 1. The van der Waals surface area contributed by atoms with Crippen molar-refractivity contribution in [3.8, 4) is 5.75 Å². The number of carbonyl (C=O) groups is 1. The SMILES string of the molecule is C[C@H]1CNC(=O)Nc2cnn3ccc(nc23)N[C@H](C)c2cc(F)ccc2O1. The van der Waals surface area contributed by atoms with Gasteiger partial charge in [-0.3, -0.25) is 0 Å². The Hall–Kier alpha value is -3.36. The molecule has 27 heavy (non-hydrogen) atoms. The largest absolute Gasteiger partial charge is 0.489 e. The van der Waals surface area contributed by atoms with Crippen LogP contribution in [-0.4, -0.2) is 33.3 Å². The Morgan fingerprint density at radius 3 is 3.00 bits per heavy atom. The molecule has 2 aromatic heterocycles. The van der Waals surface area contributed by atoms with Crippen LogP contribution in [0.15, 0.2) is 36.7 Å². The first kappa shape index (κ1) is 17.1. The van der Waals surface area contributed by atoms with Crippen molar-refractivity contribution in [1.29, 1.82) is 0 Å². The first-order valence-corrected chi connectivity index (χ1v) is 8.61. The molecule has 2 bridgehead atoms. The number of hydrogen-bond acceptors (Lipinski definition) is 5. The van der Waals surface area contributed by atoms with Crippen LogP contribution >= 0.6 is 0 Å². The van der Waals surface area contributed by atoms with Gasteiger partial charge in [-0.05, 0) is 38.1 Å². The molecule has 0 saturated carbocycles. The number of anilines is 2. The van der Waals surface area contributed by atoms with Crippen molar-refractivity contribution in [2.24, 2.45) is 0 Å². The highest BCUT2D eigenvalue weighted by Crippen LogP contribution is 2.29. The molecule has 0 unspecified atom stereocenters. The van der Waals surface area contributed by atoms with Crippen LogP contribution in [0.5, 0.6) is 5.75 Å². The van der Waals surface area contributed by atoms with E-state index >= 15 is 0 Å². The number of benzene rings is 1. The minimum absolute atomic E-state index is 0.255. The Bertz CT molecular complexity index is 1000.